The van der Waals surface area contributed by atoms with Crippen molar-refractivity contribution in [3.05, 3.63) is 102 Å². The molecule has 182 valence electrons. The Kier molecular flexibility index (Phi) is 5.56. The van der Waals surface area contributed by atoms with Crippen molar-refractivity contribution in [1.82, 2.24) is 8.54 Å². The van der Waals surface area contributed by atoms with Gasteiger partial charge in [0.15, 0.2) is 0 Å². The van der Waals surface area contributed by atoms with Gasteiger partial charge in [-0.1, -0.05) is 54.6 Å². The molecule has 3 aromatic carbocycles. The number of ether oxygens (including phenoxy) is 1. The van der Waals surface area contributed by atoms with Crippen molar-refractivity contribution in [2.45, 2.75) is 31.3 Å². The highest BCUT2D eigenvalue weighted by molar-refractivity contribution is 7.90. The number of ketones is 1. The van der Waals surface area contributed by atoms with Crippen LogP contribution >= 0.6 is 0 Å². The molecule has 0 unspecified atom stereocenters. The molecule has 0 spiro atoms. The minimum absolute atomic E-state index is 0.0212. The zero-order valence-corrected chi connectivity index (χ0v) is 20.8. The van der Waals surface area contributed by atoms with Gasteiger partial charge in [-0.3, -0.25) is 9.36 Å². The Labute approximate surface area is 208 Å². The summed E-state index contributed by atoms with van der Waals surface area (Å²) in [4.78, 5) is 27.0. The number of rotatable bonds is 4. The summed E-state index contributed by atoms with van der Waals surface area (Å²) in [5.74, 6) is -0.524. The molecule has 0 aliphatic heterocycles. The lowest BCUT2D eigenvalue weighted by Gasteiger charge is -2.19. The van der Waals surface area contributed by atoms with E-state index in [1.807, 2.05) is 0 Å². The third kappa shape index (κ3) is 3.99. The second-order valence-electron chi connectivity index (χ2n) is 9.41. The van der Waals surface area contributed by atoms with Crippen molar-refractivity contribution in [3.8, 4) is 0 Å². The van der Waals surface area contributed by atoms with Crippen molar-refractivity contribution < 1.29 is 22.7 Å². The summed E-state index contributed by atoms with van der Waals surface area (Å²) in [5.41, 5.74) is 0.322. The third-order valence-electron chi connectivity index (χ3n) is 5.73. The maximum Gasteiger partial charge on any atom is 0.419 e. The van der Waals surface area contributed by atoms with Gasteiger partial charge < -0.3 is 4.74 Å². The summed E-state index contributed by atoms with van der Waals surface area (Å²) in [6, 6.07) is 23.4. The molecule has 0 aliphatic rings. The molecule has 0 fully saturated rings. The van der Waals surface area contributed by atoms with E-state index in [9.17, 15) is 18.0 Å². The summed E-state index contributed by atoms with van der Waals surface area (Å²) >= 11 is 0. The number of nitrogens with zero attached hydrogens (tertiary/aromatic N) is 2. The van der Waals surface area contributed by atoms with Gasteiger partial charge in [0, 0.05) is 17.0 Å². The Hall–Kier alpha value is -4.17. The van der Waals surface area contributed by atoms with Crippen LogP contribution in [0.3, 0.4) is 0 Å². The van der Waals surface area contributed by atoms with Crippen LogP contribution in [-0.4, -0.2) is 34.4 Å². The summed E-state index contributed by atoms with van der Waals surface area (Å²) < 4.78 is 35.4. The average Bonchev–Trinajstić information content (AvgIpc) is 3.43. The molecule has 36 heavy (non-hydrogen) atoms. The molecule has 0 N–H and O–H groups in total. The molecule has 2 heterocycles. The van der Waals surface area contributed by atoms with Gasteiger partial charge in [0.05, 0.1) is 21.5 Å². The van der Waals surface area contributed by atoms with Crippen LogP contribution < -0.4 is 0 Å². The SMILES string of the molecule is CC(C)(C)OC(=O)n1cc(C(=O)c2cc3ccccc3n2S(=O)(=O)c2ccccc2)c2ccccc21. The second-order valence-corrected chi connectivity index (χ2v) is 11.2. The summed E-state index contributed by atoms with van der Waals surface area (Å²) in [6.07, 6.45) is 0.785. The van der Waals surface area contributed by atoms with E-state index in [0.717, 1.165) is 3.97 Å². The van der Waals surface area contributed by atoms with Crippen LogP contribution in [0.2, 0.25) is 0 Å². The molecule has 0 bridgehead atoms. The largest absolute Gasteiger partial charge is 0.443 e. The van der Waals surface area contributed by atoms with Gasteiger partial charge in [0.25, 0.3) is 10.0 Å². The van der Waals surface area contributed by atoms with Crippen LogP contribution in [0.15, 0.2) is 96.0 Å². The number of hydrogen-bond donors (Lipinski definition) is 0. The zero-order valence-electron chi connectivity index (χ0n) is 20.0. The standard InChI is InChI=1S/C28H24N2O5S/c1-28(2,3)35-27(32)29-18-22(21-14-8-10-16-24(21)29)26(31)25-17-19-11-7-9-15-23(19)30(25)36(33,34)20-12-5-4-6-13-20/h4-18H,1-3H3. The number of benzene rings is 3. The van der Waals surface area contributed by atoms with Crippen molar-refractivity contribution in [3.63, 3.8) is 0 Å². The third-order valence-corrected chi connectivity index (χ3v) is 7.47. The Morgan fingerprint density at radius 1 is 0.806 bits per heavy atom. The van der Waals surface area contributed by atoms with E-state index >= 15 is 0 Å². The van der Waals surface area contributed by atoms with Gasteiger partial charge in [-0.25, -0.2) is 17.2 Å². The molecule has 5 rings (SSSR count). The topological polar surface area (TPSA) is 87.4 Å². The van der Waals surface area contributed by atoms with Gasteiger partial charge in [-0.05, 0) is 51.1 Å². The molecular weight excluding hydrogens is 476 g/mol. The van der Waals surface area contributed by atoms with Crippen molar-refractivity contribution in [1.29, 1.82) is 0 Å². The van der Waals surface area contributed by atoms with Gasteiger partial charge >= 0.3 is 6.09 Å². The molecule has 0 aliphatic carbocycles. The number of para-hydroxylation sites is 2. The fourth-order valence-corrected chi connectivity index (χ4v) is 5.74. The average molecular weight is 501 g/mol. The molecule has 2 aromatic heterocycles. The summed E-state index contributed by atoms with van der Waals surface area (Å²) in [7, 11) is -4.10. The number of fused-ring (bicyclic) bond motifs is 2. The quantitative estimate of drug-likeness (QED) is 0.289. The van der Waals surface area contributed by atoms with Crippen molar-refractivity contribution in [2.24, 2.45) is 0 Å². The highest BCUT2D eigenvalue weighted by Crippen LogP contribution is 2.30. The number of hydrogen-bond acceptors (Lipinski definition) is 5. The summed E-state index contributed by atoms with van der Waals surface area (Å²) in [6.45, 7) is 5.28. The lowest BCUT2D eigenvalue weighted by Crippen LogP contribution is -2.26. The van der Waals surface area contributed by atoms with Crippen molar-refractivity contribution >= 4 is 43.7 Å². The van der Waals surface area contributed by atoms with Gasteiger partial charge in [0.2, 0.25) is 5.78 Å². The molecule has 7 nitrogen and oxygen atoms in total. The van der Waals surface area contributed by atoms with E-state index in [1.165, 1.54) is 22.9 Å². The van der Waals surface area contributed by atoms with Crippen LogP contribution in [0.5, 0.6) is 0 Å². The number of aromatic nitrogens is 2. The van der Waals surface area contributed by atoms with Crippen LogP contribution in [0.4, 0.5) is 4.79 Å². The lowest BCUT2D eigenvalue weighted by molar-refractivity contribution is 0.0544. The second kappa shape index (κ2) is 8.49. The smallest absolute Gasteiger partial charge is 0.419 e. The lowest BCUT2D eigenvalue weighted by atomic mass is 10.1. The molecule has 8 heteroatoms. The van der Waals surface area contributed by atoms with E-state index in [2.05, 4.69) is 0 Å². The zero-order chi connectivity index (χ0) is 25.7. The number of carbonyl (C=O) groups is 2. The molecule has 0 radical (unpaired) electrons. The first-order valence-electron chi connectivity index (χ1n) is 11.4. The maximum absolute atomic E-state index is 14.0. The first-order chi connectivity index (χ1) is 17.1. The normalized spacial score (nSPS) is 12.2. The predicted molar refractivity (Wildman–Crippen MR) is 138 cm³/mol. The van der Waals surface area contributed by atoms with Gasteiger partial charge in [0.1, 0.15) is 11.3 Å². The van der Waals surface area contributed by atoms with Gasteiger partial charge in [-0.15, -0.1) is 0 Å². The highest BCUT2D eigenvalue weighted by atomic mass is 32.2. The molecular formula is C28H24N2O5S. The van der Waals surface area contributed by atoms with E-state index in [1.54, 1.807) is 93.6 Å². The van der Waals surface area contributed by atoms with Crippen LogP contribution in [0.1, 0.15) is 36.8 Å². The molecule has 0 saturated carbocycles. The fourth-order valence-electron chi connectivity index (χ4n) is 4.21. The predicted octanol–water partition coefficient (Wildman–Crippen LogP) is 5.85. The monoisotopic (exact) mass is 500 g/mol. The van der Waals surface area contributed by atoms with Crippen LogP contribution in [-0.2, 0) is 14.8 Å². The van der Waals surface area contributed by atoms with Crippen molar-refractivity contribution in [2.75, 3.05) is 0 Å². The fraction of sp³-hybridized carbons (Fsp3) is 0.143. The first-order valence-corrected chi connectivity index (χ1v) is 12.8. The molecule has 0 amide bonds. The van der Waals surface area contributed by atoms with Gasteiger partial charge in [-0.2, -0.15) is 0 Å². The van der Waals surface area contributed by atoms with Crippen LogP contribution in [0, 0.1) is 0 Å². The Morgan fingerprint density at radius 3 is 2.11 bits per heavy atom. The Balaban J connectivity index is 1.73. The van der Waals surface area contributed by atoms with Crippen LogP contribution in [0.25, 0.3) is 21.8 Å². The minimum atomic E-state index is -4.10. The number of carbonyl (C=O) groups excluding carboxylic acids is 2. The minimum Gasteiger partial charge on any atom is -0.443 e. The Bertz CT molecular complexity index is 1740. The molecule has 0 atom stereocenters. The Morgan fingerprint density at radius 2 is 1.42 bits per heavy atom. The molecule has 0 saturated heterocycles. The highest BCUT2D eigenvalue weighted by Gasteiger charge is 2.29. The van der Waals surface area contributed by atoms with E-state index in [0.29, 0.717) is 21.8 Å². The maximum atomic E-state index is 14.0. The van der Waals surface area contributed by atoms with E-state index < -0.39 is 27.5 Å². The van der Waals surface area contributed by atoms with E-state index in [-0.39, 0.29) is 16.2 Å². The summed E-state index contributed by atoms with van der Waals surface area (Å²) in [5, 5.41) is 1.12. The van der Waals surface area contributed by atoms with E-state index in [4.69, 9.17) is 4.74 Å². The first kappa shape index (κ1) is 23.6. The molecule has 5 aromatic rings.